The van der Waals surface area contributed by atoms with Crippen molar-refractivity contribution < 1.29 is 8.53 Å². The first-order valence-corrected chi connectivity index (χ1v) is 8.09. The van der Waals surface area contributed by atoms with Crippen LogP contribution in [0.15, 0.2) is 53.1 Å². The third-order valence-corrected chi connectivity index (χ3v) is 4.73. The molecule has 122 valence electrons. The highest BCUT2D eigenvalue weighted by atomic mass is 16.3. The van der Waals surface area contributed by atoms with Gasteiger partial charge in [-0.05, 0) is 37.5 Å². The molecule has 0 aliphatic carbocycles. The molecule has 3 aromatic heterocycles. The number of rotatable bonds is 1. The minimum Gasteiger partial charge on any atom is -0.455 e. The molecular weight excluding hydrogens is 310 g/mol. The molecule has 4 heteroatoms. The fraction of sp³-hybridized carbons (Fsp3) is 0.143. The lowest BCUT2D eigenvalue weighted by Gasteiger charge is -2.06. The van der Waals surface area contributed by atoms with Crippen LogP contribution < -0.4 is 0 Å². The van der Waals surface area contributed by atoms with Crippen LogP contribution in [-0.4, -0.2) is 14.5 Å². The number of aryl methyl sites for hydroxylation is 3. The van der Waals surface area contributed by atoms with Gasteiger partial charge in [0.25, 0.3) is 0 Å². The third-order valence-electron chi connectivity index (χ3n) is 4.73. The topological polar surface area (TPSA) is 43.9 Å². The Morgan fingerprint density at radius 1 is 1.12 bits per heavy atom. The van der Waals surface area contributed by atoms with Crippen LogP contribution in [0.5, 0.6) is 0 Å². The van der Waals surface area contributed by atoms with Crippen LogP contribution >= 0.6 is 0 Å². The van der Waals surface area contributed by atoms with Gasteiger partial charge in [0.15, 0.2) is 0 Å². The highest BCUT2D eigenvalue weighted by molar-refractivity contribution is 6.11. The van der Waals surface area contributed by atoms with E-state index in [0.29, 0.717) is 22.4 Å². The number of furan rings is 1. The maximum atomic E-state index is 7.96. The molecule has 4 nitrogen and oxygen atoms in total. The molecule has 5 rings (SSSR count). The predicted octanol–water partition coefficient (Wildman–Crippen LogP) is 5.15. The van der Waals surface area contributed by atoms with E-state index in [0.717, 1.165) is 27.7 Å². The second kappa shape index (κ2) is 4.93. The number of aromatic nitrogens is 3. The summed E-state index contributed by atoms with van der Waals surface area (Å²) >= 11 is 0. The third kappa shape index (κ3) is 1.88. The van der Waals surface area contributed by atoms with Crippen LogP contribution in [0, 0.1) is 13.8 Å². The fourth-order valence-electron chi connectivity index (χ4n) is 3.59. The van der Waals surface area contributed by atoms with E-state index >= 15 is 0 Å². The zero-order valence-corrected chi connectivity index (χ0v) is 13.9. The zero-order valence-electron chi connectivity index (χ0n) is 16.9. The van der Waals surface area contributed by atoms with Gasteiger partial charge >= 0.3 is 0 Å². The molecule has 5 aromatic rings. The fourth-order valence-corrected chi connectivity index (χ4v) is 3.59. The van der Waals surface area contributed by atoms with Crippen LogP contribution in [0.25, 0.3) is 44.4 Å². The molecule has 0 atom stereocenters. The van der Waals surface area contributed by atoms with Crippen LogP contribution in [0.3, 0.4) is 0 Å². The van der Waals surface area contributed by atoms with Gasteiger partial charge in [0.05, 0.1) is 22.3 Å². The van der Waals surface area contributed by atoms with E-state index in [1.807, 2.05) is 48.9 Å². The van der Waals surface area contributed by atoms with Gasteiger partial charge in [-0.15, -0.1) is 0 Å². The van der Waals surface area contributed by atoms with E-state index in [9.17, 15) is 0 Å². The SMILES string of the molecule is [2H]C([2H])([2H])c1ccc(-c2nc3ccnc(C)c3n2C)c2oc3ccccc3c12. The van der Waals surface area contributed by atoms with Gasteiger partial charge in [-0.3, -0.25) is 4.98 Å². The van der Waals surface area contributed by atoms with Crippen molar-refractivity contribution in [2.75, 3.05) is 0 Å². The summed E-state index contributed by atoms with van der Waals surface area (Å²) in [6.07, 6.45) is 1.74. The van der Waals surface area contributed by atoms with Gasteiger partial charge in [-0.25, -0.2) is 4.98 Å². The predicted molar refractivity (Wildman–Crippen MR) is 101 cm³/mol. The molecule has 0 radical (unpaired) electrons. The van der Waals surface area contributed by atoms with E-state index in [4.69, 9.17) is 13.5 Å². The van der Waals surface area contributed by atoms with Gasteiger partial charge < -0.3 is 8.98 Å². The molecule has 0 aliphatic heterocycles. The summed E-state index contributed by atoms with van der Waals surface area (Å²) in [6.45, 7) is -0.293. The smallest absolute Gasteiger partial charge is 0.146 e. The number of hydrogen-bond acceptors (Lipinski definition) is 3. The summed E-state index contributed by atoms with van der Waals surface area (Å²) in [4.78, 5) is 9.14. The highest BCUT2D eigenvalue weighted by Crippen LogP contribution is 2.38. The standard InChI is InChI=1S/C21H17N3O/c1-12-8-9-15(20-18(12)14-6-4-5-7-17(14)25-20)21-23-16-10-11-22-13(2)19(16)24(21)3/h4-11H,1-3H3/i1D3. The molecule has 0 unspecified atom stereocenters. The first-order chi connectivity index (χ1) is 13.4. The van der Waals surface area contributed by atoms with Crippen molar-refractivity contribution in [3.63, 3.8) is 0 Å². The molecule has 0 aliphatic rings. The lowest BCUT2D eigenvalue weighted by molar-refractivity contribution is 0.669. The van der Waals surface area contributed by atoms with Crippen molar-refractivity contribution in [3.8, 4) is 11.4 Å². The Labute approximate surface area is 148 Å². The van der Waals surface area contributed by atoms with Gasteiger partial charge in [-0.2, -0.15) is 0 Å². The van der Waals surface area contributed by atoms with Crippen molar-refractivity contribution in [1.29, 1.82) is 0 Å². The molecule has 0 N–H and O–H groups in total. The van der Waals surface area contributed by atoms with Crippen LogP contribution in [0.4, 0.5) is 0 Å². The second-order valence-electron chi connectivity index (χ2n) is 6.22. The van der Waals surface area contributed by atoms with Crippen molar-refractivity contribution >= 4 is 33.0 Å². The highest BCUT2D eigenvalue weighted by Gasteiger charge is 2.19. The van der Waals surface area contributed by atoms with Crippen molar-refractivity contribution in [2.24, 2.45) is 7.05 Å². The molecule has 2 aromatic carbocycles. The minimum absolute atomic E-state index is 0.285. The number of hydrogen-bond donors (Lipinski definition) is 0. The van der Waals surface area contributed by atoms with Crippen molar-refractivity contribution in [3.05, 3.63) is 59.9 Å². The lowest BCUT2D eigenvalue weighted by Crippen LogP contribution is -1.95. The Kier molecular flexibility index (Phi) is 2.25. The lowest BCUT2D eigenvalue weighted by atomic mass is 10.0. The summed E-state index contributed by atoms with van der Waals surface area (Å²) in [6, 6.07) is 12.8. The van der Waals surface area contributed by atoms with Crippen LogP contribution in [0.2, 0.25) is 0 Å². The largest absolute Gasteiger partial charge is 0.455 e. The molecule has 0 saturated carbocycles. The summed E-state index contributed by atoms with van der Waals surface area (Å²) in [7, 11) is 1.94. The average Bonchev–Trinajstić information content (AvgIpc) is 3.19. The molecule has 0 amide bonds. The number of pyridine rings is 1. The van der Waals surface area contributed by atoms with E-state index in [1.54, 1.807) is 18.3 Å². The summed E-state index contributed by atoms with van der Waals surface area (Å²) < 4.78 is 32.0. The van der Waals surface area contributed by atoms with E-state index in [1.165, 1.54) is 0 Å². The maximum Gasteiger partial charge on any atom is 0.146 e. The normalized spacial score (nSPS) is 14.1. The van der Waals surface area contributed by atoms with Gasteiger partial charge in [0, 0.05) is 28.1 Å². The van der Waals surface area contributed by atoms with Crippen molar-refractivity contribution in [1.82, 2.24) is 14.5 Å². The molecule has 3 heterocycles. The molecule has 25 heavy (non-hydrogen) atoms. The second-order valence-corrected chi connectivity index (χ2v) is 6.22. The van der Waals surface area contributed by atoms with Gasteiger partial charge in [0.1, 0.15) is 17.0 Å². The monoisotopic (exact) mass is 330 g/mol. The summed E-state index contributed by atoms with van der Waals surface area (Å²) in [5, 5.41) is 1.41. The van der Waals surface area contributed by atoms with Crippen molar-refractivity contribution in [2.45, 2.75) is 13.8 Å². The van der Waals surface area contributed by atoms with Gasteiger partial charge in [0.2, 0.25) is 0 Å². The Hall–Kier alpha value is -3.14. The quantitative estimate of drug-likeness (QED) is 0.427. The maximum absolute atomic E-state index is 7.96. The first-order valence-electron chi connectivity index (χ1n) is 9.59. The number of benzene rings is 2. The molecule has 0 bridgehead atoms. The Balaban J connectivity index is 1.93. The van der Waals surface area contributed by atoms with E-state index < -0.39 is 6.85 Å². The number of nitrogens with zero attached hydrogens (tertiary/aromatic N) is 3. The van der Waals surface area contributed by atoms with Crippen LogP contribution in [-0.2, 0) is 7.05 Å². The molecular formula is C21H17N3O. The van der Waals surface area contributed by atoms with E-state index in [2.05, 4.69) is 4.98 Å². The molecule has 0 fully saturated rings. The van der Waals surface area contributed by atoms with E-state index in [-0.39, 0.29) is 5.56 Å². The number of fused-ring (bicyclic) bond motifs is 4. The summed E-state index contributed by atoms with van der Waals surface area (Å²) in [5.41, 5.74) is 4.92. The molecule has 0 spiro atoms. The first kappa shape index (κ1) is 11.4. The Morgan fingerprint density at radius 2 is 2.00 bits per heavy atom. The molecule has 0 saturated heterocycles. The average molecular weight is 330 g/mol. The number of para-hydroxylation sites is 1. The van der Waals surface area contributed by atoms with Crippen LogP contribution in [0.1, 0.15) is 15.4 Å². The summed E-state index contributed by atoms with van der Waals surface area (Å²) in [5.74, 6) is 0.715. The number of imidazole rings is 1. The van der Waals surface area contributed by atoms with Gasteiger partial charge in [-0.1, -0.05) is 24.3 Å². The zero-order chi connectivity index (χ0) is 19.6. The Morgan fingerprint density at radius 3 is 2.84 bits per heavy atom. The Bertz CT molecular complexity index is 1380. The minimum atomic E-state index is -2.24.